The van der Waals surface area contributed by atoms with Crippen LogP contribution in [0.25, 0.3) is 0 Å². The van der Waals surface area contributed by atoms with E-state index in [1.807, 2.05) is 0 Å². The highest BCUT2D eigenvalue weighted by molar-refractivity contribution is 5.76. The second-order valence-corrected chi connectivity index (χ2v) is 26.7. The van der Waals surface area contributed by atoms with Crippen LogP contribution in [0.4, 0.5) is 0 Å². The largest absolute Gasteiger partial charge is 0.466 e. The van der Waals surface area contributed by atoms with Crippen molar-refractivity contribution in [3.8, 4) is 0 Å². The minimum Gasteiger partial charge on any atom is -0.466 e. The third kappa shape index (κ3) is 69.4. The Morgan fingerprint density at radius 1 is 0.333 bits per heavy atom. The van der Waals surface area contributed by atoms with Gasteiger partial charge in [-0.05, 0) is 57.8 Å². The molecule has 498 valence electrons. The number of hydrogen-bond acceptors (Lipinski definition) is 5. The summed E-state index contributed by atoms with van der Waals surface area (Å²) in [5, 5.41) is 23.5. The van der Waals surface area contributed by atoms with Gasteiger partial charge in [0.05, 0.1) is 25.4 Å². The van der Waals surface area contributed by atoms with E-state index in [-0.39, 0.29) is 18.5 Å². The Labute approximate surface area is 526 Å². The lowest BCUT2D eigenvalue weighted by atomic mass is 10.0. The van der Waals surface area contributed by atoms with E-state index in [4.69, 9.17) is 4.74 Å². The summed E-state index contributed by atoms with van der Waals surface area (Å²) in [4.78, 5) is 24.7. The van der Waals surface area contributed by atoms with Gasteiger partial charge in [-0.25, -0.2) is 0 Å². The van der Waals surface area contributed by atoms with Crippen LogP contribution in [0.15, 0.2) is 24.3 Å². The fraction of sp³-hybridized carbons (Fsp3) is 0.923. The van der Waals surface area contributed by atoms with Crippen molar-refractivity contribution in [1.82, 2.24) is 5.32 Å². The number of allylic oxidation sites excluding steroid dienone is 4. The van der Waals surface area contributed by atoms with Gasteiger partial charge in [0.1, 0.15) is 0 Å². The third-order valence-electron chi connectivity index (χ3n) is 18.3. The Morgan fingerprint density at radius 3 is 0.929 bits per heavy atom. The molecule has 0 spiro atoms. The number of unbranched alkanes of at least 4 members (excludes halogenated alkanes) is 58. The van der Waals surface area contributed by atoms with Crippen LogP contribution in [0.3, 0.4) is 0 Å². The number of aliphatic hydroxyl groups excluding tert-OH is 2. The lowest BCUT2D eigenvalue weighted by Gasteiger charge is -2.22. The summed E-state index contributed by atoms with van der Waals surface area (Å²) in [6.45, 7) is 4.98. The number of nitrogens with one attached hydrogen (secondary N) is 1. The molecular formula is C78H151NO5. The number of amides is 1. The summed E-state index contributed by atoms with van der Waals surface area (Å²) in [7, 11) is 0. The number of carbonyl (C=O) groups is 2. The molecule has 0 saturated heterocycles. The van der Waals surface area contributed by atoms with E-state index in [1.54, 1.807) is 0 Å². The summed E-state index contributed by atoms with van der Waals surface area (Å²) in [6.07, 6.45) is 93.9. The molecule has 2 unspecified atom stereocenters. The van der Waals surface area contributed by atoms with Crippen molar-refractivity contribution in [2.24, 2.45) is 0 Å². The van der Waals surface area contributed by atoms with Crippen molar-refractivity contribution in [3.63, 3.8) is 0 Å². The predicted molar refractivity (Wildman–Crippen MR) is 370 cm³/mol. The maximum atomic E-state index is 12.6. The lowest BCUT2D eigenvalue weighted by molar-refractivity contribution is -0.143. The molecule has 1 amide bonds. The number of ether oxygens (including phenoxy) is 1. The van der Waals surface area contributed by atoms with E-state index in [9.17, 15) is 19.8 Å². The summed E-state index contributed by atoms with van der Waals surface area (Å²) < 4.78 is 5.50. The van der Waals surface area contributed by atoms with Gasteiger partial charge < -0.3 is 20.3 Å². The van der Waals surface area contributed by atoms with Crippen LogP contribution >= 0.6 is 0 Å². The summed E-state index contributed by atoms with van der Waals surface area (Å²) in [6, 6.07) is -0.541. The van der Waals surface area contributed by atoms with Crippen LogP contribution in [0.2, 0.25) is 0 Å². The molecular weight excluding hydrogens is 1030 g/mol. The zero-order valence-electron chi connectivity index (χ0n) is 57.2. The second-order valence-electron chi connectivity index (χ2n) is 26.7. The van der Waals surface area contributed by atoms with Crippen molar-refractivity contribution in [1.29, 1.82) is 0 Å². The molecule has 0 aliphatic carbocycles. The van der Waals surface area contributed by atoms with Crippen LogP contribution in [0.1, 0.15) is 438 Å². The summed E-state index contributed by atoms with van der Waals surface area (Å²) in [5.41, 5.74) is 0. The normalized spacial score (nSPS) is 12.6. The van der Waals surface area contributed by atoms with Crippen molar-refractivity contribution in [2.75, 3.05) is 13.2 Å². The van der Waals surface area contributed by atoms with Gasteiger partial charge in [0, 0.05) is 12.8 Å². The number of aliphatic hydroxyl groups is 2. The first-order valence-corrected chi connectivity index (χ1v) is 38.6. The minimum atomic E-state index is -0.664. The zero-order chi connectivity index (χ0) is 60.6. The molecule has 0 radical (unpaired) electrons. The smallest absolute Gasteiger partial charge is 0.305 e. The van der Waals surface area contributed by atoms with Gasteiger partial charge in [-0.2, -0.15) is 0 Å². The van der Waals surface area contributed by atoms with E-state index in [0.29, 0.717) is 25.9 Å². The maximum absolute atomic E-state index is 12.6. The molecule has 0 aromatic rings. The highest BCUT2D eigenvalue weighted by atomic mass is 16.5. The van der Waals surface area contributed by atoms with Crippen LogP contribution in [-0.4, -0.2) is 47.4 Å². The molecule has 0 fully saturated rings. The molecule has 0 bridgehead atoms. The van der Waals surface area contributed by atoms with E-state index >= 15 is 0 Å². The molecule has 0 heterocycles. The molecule has 6 nitrogen and oxygen atoms in total. The highest BCUT2D eigenvalue weighted by Gasteiger charge is 2.20. The van der Waals surface area contributed by atoms with Gasteiger partial charge in [0.2, 0.25) is 5.91 Å². The van der Waals surface area contributed by atoms with Crippen LogP contribution in [0, 0.1) is 0 Å². The molecule has 3 N–H and O–H groups in total. The minimum absolute atomic E-state index is 0.0114. The molecule has 0 aromatic heterocycles. The Morgan fingerprint density at radius 2 is 0.595 bits per heavy atom. The molecule has 84 heavy (non-hydrogen) atoms. The highest BCUT2D eigenvalue weighted by Crippen LogP contribution is 2.20. The van der Waals surface area contributed by atoms with Crippen molar-refractivity contribution in [2.45, 2.75) is 450 Å². The average molecular weight is 1180 g/mol. The number of hydrogen-bond donors (Lipinski definition) is 3. The topological polar surface area (TPSA) is 95.9 Å². The Hall–Kier alpha value is -1.66. The Balaban J connectivity index is 3.35. The number of carbonyl (C=O) groups excluding carboxylic acids is 2. The Bertz CT molecular complexity index is 1320. The maximum Gasteiger partial charge on any atom is 0.305 e. The molecule has 0 aliphatic heterocycles. The van der Waals surface area contributed by atoms with E-state index in [1.165, 1.54) is 353 Å². The number of esters is 1. The van der Waals surface area contributed by atoms with Gasteiger partial charge >= 0.3 is 5.97 Å². The fourth-order valence-corrected chi connectivity index (χ4v) is 12.4. The van der Waals surface area contributed by atoms with E-state index in [0.717, 1.165) is 51.4 Å². The van der Waals surface area contributed by atoms with Crippen molar-refractivity contribution in [3.05, 3.63) is 24.3 Å². The van der Waals surface area contributed by atoms with Crippen LogP contribution in [-0.2, 0) is 14.3 Å². The summed E-state index contributed by atoms with van der Waals surface area (Å²) >= 11 is 0. The molecule has 2 atom stereocenters. The first-order valence-electron chi connectivity index (χ1n) is 38.6. The van der Waals surface area contributed by atoms with E-state index in [2.05, 4.69) is 43.5 Å². The third-order valence-corrected chi connectivity index (χ3v) is 18.3. The second kappa shape index (κ2) is 73.8. The van der Waals surface area contributed by atoms with Gasteiger partial charge in [0.25, 0.3) is 0 Å². The van der Waals surface area contributed by atoms with Gasteiger partial charge in [-0.15, -0.1) is 0 Å². The first-order chi connectivity index (χ1) is 41.5. The number of rotatable bonds is 73. The molecule has 0 rings (SSSR count). The van der Waals surface area contributed by atoms with Crippen LogP contribution in [0.5, 0.6) is 0 Å². The molecule has 0 saturated carbocycles. The molecule has 0 aliphatic rings. The monoisotopic (exact) mass is 1180 g/mol. The SMILES string of the molecule is CCCCC/C=C\C/C=C\CCCCCCCCCC(=O)OCCCCCCCCCCCCCCCCCCCCCCCCCCCCCC(=O)NC(CO)C(O)CCCCCCCCCCCCCCCCCCCCCCCCC. The van der Waals surface area contributed by atoms with Crippen molar-refractivity contribution >= 4 is 11.9 Å². The fourth-order valence-electron chi connectivity index (χ4n) is 12.4. The standard InChI is InChI=1S/C78H151NO5/c1-3-5-7-9-11-13-15-17-19-21-22-23-29-32-35-39-42-46-50-54-58-62-66-70-76(81)75(74-80)79-77(82)71-67-63-59-55-51-47-43-40-36-33-30-27-25-24-26-28-31-34-37-41-45-49-53-57-61-65-69-73-84-78(83)72-68-64-60-56-52-48-44-38-20-18-16-14-12-10-8-6-4-2/h12,14,18,20,75-76,80-81H,3-11,13,15-17,19,21-74H2,1-2H3,(H,79,82)/b14-12-,20-18-. The van der Waals surface area contributed by atoms with E-state index < -0.39 is 12.1 Å². The van der Waals surface area contributed by atoms with Crippen LogP contribution < -0.4 is 5.32 Å². The molecule has 0 aromatic carbocycles. The van der Waals surface area contributed by atoms with Gasteiger partial charge in [-0.1, -0.05) is 391 Å². The first kappa shape index (κ1) is 82.3. The lowest BCUT2D eigenvalue weighted by Crippen LogP contribution is -2.45. The summed E-state index contributed by atoms with van der Waals surface area (Å²) in [5.74, 6) is -0.0154. The van der Waals surface area contributed by atoms with Crippen molar-refractivity contribution < 1.29 is 24.5 Å². The molecule has 6 heteroatoms. The van der Waals surface area contributed by atoms with Gasteiger partial charge in [-0.3, -0.25) is 9.59 Å². The zero-order valence-corrected chi connectivity index (χ0v) is 57.2. The average Bonchev–Trinajstić information content (AvgIpc) is 3.52. The predicted octanol–water partition coefficient (Wildman–Crippen LogP) is 25.3. The Kier molecular flexibility index (Phi) is 72.3. The van der Waals surface area contributed by atoms with Gasteiger partial charge in [0.15, 0.2) is 0 Å². The quantitative estimate of drug-likeness (QED) is 0.0320.